The molecule has 12 heterocycles. The minimum absolute atomic E-state index is 0.0663. The van der Waals surface area contributed by atoms with Crippen molar-refractivity contribution in [2.45, 2.75) is 111 Å². The standard InChI is InChI=1S/C28H24ClF3N6O2S2.C27H21ClF4N6O2S2.C27H22ClF3N6O2S2.3CO2/c1-16-2-4-17(5-3-16)15-42(39,40)36-19-13-23-24(22-8-10-38(35-22)28(31)32)25(20-7-6-18(30)12-21(20)29)34-26(37(23)14-19)27-33-9-11-41-27;1-14-10-15(29)3-5-22(14)42(39,40)36-17-12-21-23(20-6-8-38(35-20)27(31)32)24(18-4-2-16(30)11-19(18)28)34-25(37(21)13-17)26-33-7-9-41-26;1-15-4-2-3-5-22(15)41(38,39)35-17-13-21-23(20-8-10-37(34-20)27(30)31)24(18-7-6-16(29)12-19(18)28)33-25(36(21)14-17)26-32-9-11-40-26;3*2-1-3/h2-12,19,25,28,36H,13-15H2,1H3;2-11,17,24,27,36H,12-13H2,1H3;2-12,17,24,27,35H,13-14H2,1H3;;;/t19-,25-;2*17-,24-;;;/m000.../s1. The molecule has 3 saturated heterocycles. The molecule has 0 amide bonds. The molecular weight excluding hydrogens is 1950 g/mol. The Morgan fingerprint density at radius 3 is 1.04 bits per heavy atom. The molecule has 0 saturated carbocycles. The lowest BCUT2D eigenvalue weighted by molar-refractivity contribution is -0.193. The molecule has 0 radical (unpaired) electrons. The van der Waals surface area contributed by atoms with Crippen molar-refractivity contribution in [3.05, 3.63) is 319 Å². The summed E-state index contributed by atoms with van der Waals surface area (Å²) in [6.45, 7) is -2.91. The van der Waals surface area contributed by atoms with Gasteiger partial charge in [0.05, 0.1) is 32.6 Å². The first kappa shape index (κ1) is 99.0. The lowest BCUT2D eigenvalue weighted by Crippen LogP contribution is -2.39. The van der Waals surface area contributed by atoms with Crippen molar-refractivity contribution in [2.75, 3.05) is 19.6 Å². The van der Waals surface area contributed by atoms with Crippen molar-refractivity contribution in [3.8, 4) is 0 Å². The number of carbonyl (C=O) groups excluding carboxylic acids is 6. The number of aryl methyl sites for hydroxylation is 3. The Balaban J connectivity index is 0.000000163. The van der Waals surface area contributed by atoms with Crippen LogP contribution in [0.15, 0.2) is 235 Å². The molecule has 3 fully saturated rings. The number of aromatic nitrogens is 9. The van der Waals surface area contributed by atoms with Crippen LogP contribution in [0, 0.1) is 44.0 Å². The van der Waals surface area contributed by atoms with Gasteiger partial charge in [0.15, 0.2) is 32.5 Å². The lowest BCUT2D eigenvalue weighted by atomic mass is 9.92. The highest BCUT2D eigenvalue weighted by atomic mass is 35.5. The first-order chi connectivity index (χ1) is 63.9. The fourth-order valence-electron chi connectivity index (χ4n) is 15.6. The Bertz CT molecular complexity index is 7010. The topological polar surface area (TPSA) is 380 Å². The molecule has 134 heavy (non-hydrogen) atoms. The van der Waals surface area contributed by atoms with Gasteiger partial charge in [0.2, 0.25) is 30.1 Å². The quantitative estimate of drug-likeness (QED) is 0.0530. The second kappa shape index (κ2) is 42.8. The third-order valence-corrected chi connectivity index (χ3v) is 29.0. The number of hydrogen-bond acceptors (Lipinski definition) is 27. The number of fused-ring (bicyclic) bond motifs is 3. The maximum atomic E-state index is 14.0. The number of aliphatic imine (C=N–C) groups is 3. The van der Waals surface area contributed by atoms with Crippen LogP contribution in [0.4, 0.5) is 43.9 Å². The van der Waals surface area contributed by atoms with E-state index in [1.807, 2.05) is 28.9 Å². The maximum Gasteiger partial charge on any atom is 0.373 e. The molecule has 6 aliphatic heterocycles. The molecular formula is C85H67Cl3F10N18O12S6. The molecule has 0 spiro atoms. The van der Waals surface area contributed by atoms with Crippen LogP contribution < -0.4 is 14.2 Å². The van der Waals surface area contributed by atoms with Crippen molar-refractivity contribution in [2.24, 2.45) is 15.0 Å². The Hall–Kier alpha value is -12.5. The van der Waals surface area contributed by atoms with E-state index in [1.165, 1.54) is 114 Å². The van der Waals surface area contributed by atoms with Crippen LogP contribution in [0.2, 0.25) is 15.1 Å². The van der Waals surface area contributed by atoms with Gasteiger partial charge >= 0.3 is 38.1 Å². The Kier molecular flexibility index (Phi) is 31.6. The number of amidine groups is 3. The summed E-state index contributed by atoms with van der Waals surface area (Å²) in [5.74, 6) is -1.03. The molecule has 6 atom stereocenters. The molecule has 49 heteroatoms. The third kappa shape index (κ3) is 22.6. The van der Waals surface area contributed by atoms with E-state index in [9.17, 15) is 69.2 Å². The number of rotatable bonds is 22. The predicted octanol–water partition coefficient (Wildman–Crippen LogP) is 15.9. The summed E-state index contributed by atoms with van der Waals surface area (Å²) >= 11 is 23.5. The first-order valence-corrected chi connectivity index (χ1v) is 47.6. The van der Waals surface area contributed by atoms with Crippen LogP contribution in [-0.4, -0.2) is 158 Å². The van der Waals surface area contributed by atoms with Gasteiger partial charge in [-0.25, -0.2) is 86.0 Å². The highest BCUT2D eigenvalue weighted by Gasteiger charge is 2.47. The molecule has 12 aromatic rings. The van der Waals surface area contributed by atoms with Gasteiger partial charge in [-0.2, -0.15) is 70.4 Å². The number of nitrogens with one attached hydrogen (secondary N) is 3. The van der Waals surface area contributed by atoms with Crippen LogP contribution in [0.1, 0.15) is 128 Å². The van der Waals surface area contributed by atoms with Crippen LogP contribution in [0.3, 0.4) is 0 Å². The van der Waals surface area contributed by atoms with Gasteiger partial charge in [0.1, 0.15) is 41.4 Å². The Labute approximate surface area is 782 Å². The molecule has 0 aliphatic carbocycles. The van der Waals surface area contributed by atoms with E-state index in [-0.39, 0.29) is 111 Å². The summed E-state index contributed by atoms with van der Waals surface area (Å²) in [6.07, 6.45) is 9.63. The number of sulfonamides is 3. The largest absolute Gasteiger partial charge is 0.373 e. The fraction of sp³-hybridized carbons (Fsp3) is 0.224. The third-order valence-electron chi connectivity index (χ3n) is 21.0. The van der Waals surface area contributed by atoms with Crippen LogP contribution in [0.5, 0.6) is 0 Å². The van der Waals surface area contributed by atoms with Gasteiger partial charge in [-0.05, 0) is 116 Å². The molecule has 6 aromatic carbocycles. The van der Waals surface area contributed by atoms with Gasteiger partial charge in [0.25, 0.3) is 0 Å². The molecule has 3 N–H and O–H groups in total. The second-order valence-corrected chi connectivity index (χ2v) is 38.6. The number of alkyl halides is 6. The number of thiazole rings is 3. The minimum atomic E-state index is -4.07. The summed E-state index contributed by atoms with van der Waals surface area (Å²) in [5.41, 5.74) is 7.66. The summed E-state index contributed by atoms with van der Waals surface area (Å²) < 4.78 is 227. The number of benzene rings is 6. The van der Waals surface area contributed by atoms with E-state index in [0.29, 0.717) is 108 Å². The van der Waals surface area contributed by atoms with Gasteiger partial charge in [-0.3, -0.25) is 15.0 Å². The van der Waals surface area contributed by atoms with E-state index < -0.39 is 109 Å². The van der Waals surface area contributed by atoms with Crippen molar-refractivity contribution < 1.29 is 97.9 Å². The van der Waals surface area contributed by atoms with Crippen molar-refractivity contribution in [3.63, 3.8) is 0 Å². The highest BCUT2D eigenvalue weighted by molar-refractivity contribution is 7.90. The molecule has 696 valence electrons. The number of nitrogens with zero attached hydrogens (tertiary/aromatic N) is 15. The van der Waals surface area contributed by atoms with Gasteiger partial charge < -0.3 is 14.7 Å². The summed E-state index contributed by atoms with van der Waals surface area (Å²) in [5, 5.41) is 19.6. The molecule has 6 aliphatic rings. The van der Waals surface area contributed by atoms with E-state index in [0.717, 1.165) is 48.4 Å². The van der Waals surface area contributed by atoms with Crippen LogP contribution in [-0.2, 0) is 64.6 Å². The number of hydrogen-bond donors (Lipinski definition) is 3. The molecule has 18 rings (SSSR count). The zero-order valence-electron chi connectivity index (χ0n) is 69.1. The van der Waals surface area contributed by atoms with Crippen molar-refractivity contribution >= 4 is 152 Å². The van der Waals surface area contributed by atoms with Crippen LogP contribution in [0.25, 0.3) is 16.7 Å². The second-order valence-electron chi connectivity index (χ2n) is 29.6. The van der Waals surface area contributed by atoms with Crippen LogP contribution >= 0.6 is 68.8 Å². The normalized spacial score (nSPS) is 18.0. The highest BCUT2D eigenvalue weighted by Crippen LogP contribution is 2.51. The summed E-state index contributed by atoms with van der Waals surface area (Å²) in [6, 6.07) is 28.9. The van der Waals surface area contributed by atoms with Gasteiger partial charge in [0, 0.05) is 176 Å². The molecule has 0 bridgehead atoms. The van der Waals surface area contributed by atoms with Crippen molar-refractivity contribution in [1.29, 1.82) is 0 Å². The predicted molar refractivity (Wildman–Crippen MR) is 470 cm³/mol. The fourth-order valence-corrected chi connectivity index (χ4v) is 22.7. The van der Waals surface area contributed by atoms with E-state index in [2.05, 4.69) is 44.4 Å². The molecule has 6 aromatic heterocycles. The van der Waals surface area contributed by atoms with Gasteiger partial charge in [-0.15, -0.1) is 34.0 Å². The Morgan fingerprint density at radius 2 is 0.739 bits per heavy atom. The van der Waals surface area contributed by atoms with E-state index in [1.54, 1.807) is 76.9 Å². The zero-order chi connectivity index (χ0) is 96.4. The SMILES string of the molecule is Cc1cc(F)ccc1S(=O)(=O)N[C@H]1CC2=C(c3ccn(C(F)F)n3)[C@H](c3ccc(F)cc3Cl)N=C(c3nccs3)N2C1.Cc1ccc(CS(=O)(=O)N[C@H]2CC3=C(c4ccn(C(F)F)n4)[C@H](c4ccc(F)cc4Cl)N=C(c4nccs4)N3C2)cc1.Cc1ccccc1S(=O)(=O)N[C@H]1CC2=C(c3ccn(C(F)F)n3)[C@H](c3ccc(F)cc3Cl)N=C(c3nccs3)N2C1.O=C=O.O=C=O.O=C=O. The average Bonchev–Trinajstić information content (AvgIpc) is 1.57. The van der Waals surface area contributed by atoms with Gasteiger partial charge in [-0.1, -0.05) is 101 Å². The van der Waals surface area contributed by atoms with Crippen molar-refractivity contribution in [1.82, 2.24) is 73.2 Å². The molecule has 0 unspecified atom stereocenters. The monoisotopic (exact) mass is 2020 g/mol. The van der Waals surface area contributed by atoms with E-state index >= 15 is 0 Å². The van der Waals surface area contributed by atoms with E-state index in [4.69, 9.17) is 78.5 Å². The smallest absolute Gasteiger partial charge is 0.326 e. The zero-order valence-corrected chi connectivity index (χ0v) is 76.3. The average molecular weight is 2020 g/mol. The summed E-state index contributed by atoms with van der Waals surface area (Å²) in [7, 11) is -11.7. The summed E-state index contributed by atoms with van der Waals surface area (Å²) in [4.78, 5) is 82.4. The number of halogens is 13. The Morgan fingerprint density at radius 1 is 0.418 bits per heavy atom. The first-order valence-electron chi connectivity index (χ1n) is 39.2. The minimum Gasteiger partial charge on any atom is -0.326 e. The lowest BCUT2D eigenvalue weighted by Gasteiger charge is -2.32. The molecule has 30 nitrogen and oxygen atoms in total. The maximum absolute atomic E-state index is 14.0.